The van der Waals surface area contributed by atoms with Gasteiger partial charge in [-0.25, -0.2) is 0 Å². The van der Waals surface area contributed by atoms with E-state index >= 15 is 0 Å². The molecule has 5 nitrogen and oxygen atoms in total. The third-order valence-corrected chi connectivity index (χ3v) is 8.12. The molecule has 0 aromatic heterocycles. The zero-order valence-electron chi connectivity index (χ0n) is 24.2. The summed E-state index contributed by atoms with van der Waals surface area (Å²) in [5, 5.41) is 16.0. The highest BCUT2D eigenvalue weighted by Crippen LogP contribution is 2.38. The predicted molar refractivity (Wildman–Crippen MR) is 183 cm³/mol. The lowest BCUT2D eigenvalue weighted by molar-refractivity contribution is -0.384. The van der Waals surface area contributed by atoms with Crippen LogP contribution >= 0.6 is 0 Å². The molecule has 0 aliphatic rings. The van der Waals surface area contributed by atoms with E-state index in [4.69, 9.17) is 0 Å². The lowest BCUT2D eigenvalue weighted by atomic mass is 10.0. The molecule has 0 N–H and O–H groups in total. The van der Waals surface area contributed by atoms with Crippen LogP contribution < -0.4 is 9.80 Å². The summed E-state index contributed by atoms with van der Waals surface area (Å²) >= 11 is 0. The summed E-state index contributed by atoms with van der Waals surface area (Å²) in [6, 6.07) is 53.7. The molecule has 0 spiro atoms. The van der Waals surface area contributed by atoms with Crippen molar-refractivity contribution in [3.63, 3.8) is 0 Å². The second kappa shape index (κ2) is 11.4. The number of hydrogen-bond donors (Lipinski definition) is 0. The summed E-state index contributed by atoms with van der Waals surface area (Å²) in [6.07, 6.45) is 0. The minimum atomic E-state index is -0.370. The van der Waals surface area contributed by atoms with Crippen molar-refractivity contribution in [1.29, 1.82) is 0 Å². The van der Waals surface area contributed by atoms with Gasteiger partial charge in [0.15, 0.2) is 0 Å². The van der Waals surface area contributed by atoms with E-state index in [-0.39, 0.29) is 10.6 Å². The van der Waals surface area contributed by atoms with Gasteiger partial charge in [0.25, 0.3) is 5.69 Å². The first-order valence-electron chi connectivity index (χ1n) is 14.5. The lowest BCUT2D eigenvalue weighted by Crippen LogP contribution is -2.10. The zero-order valence-corrected chi connectivity index (χ0v) is 24.2. The Morgan fingerprint density at radius 2 is 0.932 bits per heavy atom. The Morgan fingerprint density at radius 1 is 0.455 bits per heavy atom. The van der Waals surface area contributed by atoms with Crippen molar-refractivity contribution in [2.75, 3.05) is 16.8 Å². The molecule has 7 aromatic carbocycles. The first-order chi connectivity index (χ1) is 21.5. The second-order valence-electron chi connectivity index (χ2n) is 10.8. The highest BCUT2D eigenvalue weighted by molar-refractivity contribution is 5.92. The van der Waals surface area contributed by atoms with Gasteiger partial charge < -0.3 is 9.80 Å². The molecule has 0 unspecified atom stereocenters. The second-order valence-corrected chi connectivity index (χ2v) is 10.8. The van der Waals surface area contributed by atoms with Crippen molar-refractivity contribution < 1.29 is 4.92 Å². The number of anilines is 5. The van der Waals surface area contributed by atoms with E-state index in [1.807, 2.05) is 30.1 Å². The Labute approximate surface area is 256 Å². The number of non-ortho nitro benzene ring substituents is 1. The fourth-order valence-corrected chi connectivity index (χ4v) is 5.72. The van der Waals surface area contributed by atoms with Crippen LogP contribution in [0.1, 0.15) is 0 Å². The van der Waals surface area contributed by atoms with E-state index in [0.717, 1.165) is 39.6 Å². The van der Waals surface area contributed by atoms with Gasteiger partial charge in [0, 0.05) is 47.6 Å². The summed E-state index contributed by atoms with van der Waals surface area (Å²) < 4.78 is 0. The summed E-state index contributed by atoms with van der Waals surface area (Å²) in [5.74, 6) is 0. The van der Waals surface area contributed by atoms with Gasteiger partial charge >= 0.3 is 0 Å². The van der Waals surface area contributed by atoms with Gasteiger partial charge in [-0.1, -0.05) is 91.0 Å². The number of nitrogens with zero attached hydrogens (tertiary/aromatic N) is 3. The maximum absolute atomic E-state index is 11.2. The summed E-state index contributed by atoms with van der Waals surface area (Å²) in [6.45, 7) is 0. The molecule has 0 amide bonds. The Hall–Kier alpha value is -5.94. The van der Waals surface area contributed by atoms with E-state index in [0.29, 0.717) is 0 Å². The quantitative estimate of drug-likeness (QED) is 0.141. The van der Waals surface area contributed by atoms with E-state index in [9.17, 15) is 10.1 Å². The zero-order chi connectivity index (χ0) is 30.0. The van der Waals surface area contributed by atoms with Crippen LogP contribution in [-0.2, 0) is 0 Å². The van der Waals surface area contributed by atoms with Crippen molar-refractivity contribution in [2.24, 2.45) is 0 Å². The minimum Gasteiger partial charge on any atom is -0.344 e. The van der Waals surface area contributed by atoms with Crippen molar-refractivity contribution in [1.82, 2.24) is 0 Å². The van der Waals surface area contributed by atoms with Gasteiger partial charge in [-0.15, -0.1) is 0 Å². The van der Waals surface area contributed by atoms with E-state index in [1.165, 1.54) is 27.6 Å². The van der Waals surface area contributed by atoms with Crippen LogP contribution in [0.4, 0.5) is 34.1 Å². The normalized spacial score (nSPS) is 11.0. The number of rotatable bonds is 7. The molecule has 0 atom stereocenters. The third kappa shape index (κ3) is 5.23. The first-order valence-corrected chi connectivity index (χ1v) is 14.5. The van der Waals surface area contributed by atoms with E-state index in [2.05, 4.69) is 126 Å². The number of fused-ring (bicyclic) bond motifs is 2. The monoisotopic (exact) mass is 571 g/mol. The molecule has 0 bridgehead atoms. The maximum atomic E-state index is 11.2. The van der Waals surface area contributed by atoms with Crippen LogP contribution in [0.5, 0.6) is 0 Å². The Morgan fingerprint density at radius 3 is 1.45 bits per heavy atom. The van der Waals surface area contributed by atoms with Crippen molar-refractivity contribution >= 4 is 55.7 Å². The van der Waals surface area contributed by atoms with Crippen molar-refractivity contribution in [3.05, 3.63) is 168 Å². The third-order valence-electron chi connectivity index (χ3n) is 8.12. The molecule has 0 aliphatic heterocycles. The lowest BCUT2D eigenvalue weighted by Gasteiger charge is -2.26. The van der Waals surface area contributed by atoms with Crippen LogP contribution in [0.25, 0.3) is 32.7 Å². The molecule has 7 aromatic rings. The Balaban J connectivity index is 1.21. The van der Waals surface area contributed by atoms with Crippen LogP contribution in [-0.4, -0.2) is 12.0 Å². The molecule has 7 rings (SSSR count). The average molecular weight is 572 g/mol. The highest BCUT2D eigenvalue weighted by Gasteiger charge is 2.15. The smallest absolute Gasteiger partial charge is 0.271 e. The van der Waals surface area contributed by atoms with E-state index in [1.54, 1.807) is 12.1 Å². The molecule has 0 saturated heterocycles. The number of hydrogen-bond acceptors (Lipinski definition) is 4. The van der Waals surface area contributed by atoms with Gasteiger partial charge in [-0.05, 0) is 87.3 Å². The van der Waals surface area contributed by atoms with Crippen LogP contribution in [0.2, 0.25) is 0 Å². The van der Waals surface area contributed by atoms with Gasteiger partial charge in [0.05, 0.1) is 4.92 Å². The predicted octanol–water partition coefficient (Wildman–Crippen LogP) is 10.8. The molecule has 5 heteroatoms. The molecular formula is C39H29N3O2. The molecule has 0 aliphatic carbocycles. The summed E-state index contributed by atoms with van der Waals surface area (Å²) in [7, 11) is 1.91. The fourth-order valence-electron chi connectivity index (χ4n) is 5.72. The molecular weight excluding hydrogens is 542 g/mol. The number of nitro groups is 1. The van der Waals surface area contributed by atoms with Gasteiger partial charge in [-0.3, -0.25) is 10.1 Å². The largest absolute Gasteiger partial charge is 0.344 e. The van der Waals surface area contributed by atoms with E-state index < -0.39 is 0 Å². The van der Waals surface area contributed by atoms with Gasteiger partial charge in [-0.2, -0.15) is 0 Å². The Bertz CT molecular complexity index is 2040. The van der Waals surface area contributed by atoms with Gasteiger partial charge in [0.1, 0.15) is 0 Å². The van der Waals surface area contributed by atoms with Crippen LogP contribution in [0.3, 0.4) is 0 Å². The average Bonchev–Trinajstić information content (AvgIpc) is 3.08. The molecule has 0 saturated carbocycles. The number of nitro benzene ring substituents is 1. The standard InChI is InChI=1S/C39H29N3O2/c1-40(36-11-6-12-39(27-36)42(43)44)34-19-13-30(14-20-34)31-15-21-35(22-16-31)41(37-23-17-28-7-2-4-9-32(28)25-37)38-24-18-29-8-3-5-10-33(29)26-38/h2-27H,1H3. The molecule has 0 radical (unpaired) electrons. The van der Waals surface area contributed by atoms with Crippen LogP contribution in [0, 0.1) is 10.1 Å². The van der Waals surface area contributed by atoms with Gasteiger partial charge in [0.2, 0.25) is 0 Å². The van der Waals surface area contributed by atoms with Crippen molar-refractivity contribution in [2.45, 2.75) is 0 Å². The highest BCUT2D eigenvalue weighted by atomic mass is 16.6. The SMILES string of the molecule is CN(c1ccc(-c2ccc(N(c3ccc4ccccc4c3)c3ccc4ccccc4c3)cc2)cc1)c1cccc([N+](=O)[O-])c1. The molecule has 0 heterocycles. The Kier molecular flexibility index (Phi) is 6.97. The van der Waals surface area contributed by atoms with Crippen LogP contribution in [0.15, 0.2) is 158 Å². The first kappa shape index (κ1) is 26.9. The molecule has 44 heavy (non-hydrogen) atoms. The summed E-state index contributed by atoms with van der Waals surface area (Å²) in [4.78, 5) is 15.1. The summed E-state index contributed by atoms with van der Waals surface area (Å²) in [5.41, 5.74) is 7.25. The maximum Gasteiger partial charge on any atom is 0.271 e. The molecule has 212 valence electrons. The molecule has 0 fully saturated rings. The number of benzene rings is 7. The minimum absolute atomic E-state index is 0.0764. The fraction of sp³-hybridized carbons (Fsp3) is 0.0256. The topological polar surface area (TPSA) is 49.6 Å². The van der Waals surface area contributed by atoms with Crippen molar-refractivity contribution in [3.8, 4) is 11.1 Å².